The van der Waals surface area contributed by atoms with Crippen molar-refractivity contribution in [2.45, 2.75) is 19.8 Å². The van der Waals surface area contributed by atoms with Gasteiger partial charge >= 0.3 is 7.82 Å². The average molecular weight is 306 g/mol. The van der Waals surface area contributed by atoms with Crippen LogP contribution in [0.1, 0.15) is 19.8 Å². The van der Waals surface area contributed by atoms with E-state index in [4.69, 9.17) is 9.05 Å². The van der Waals surface area contributed by atoms with E-state index >= 15 is 0 Å². The van der Waals surface area contributed by atoms with Crippen LogP contribution in [-0.4, -0.2) is 11.5 Å². The Balaban J connectivity index is 2.19. The second kappa shape index (κ2) is 7.41. The third kappa shape index (κ3) is 4.71. The van der Waals surface area contributed by atoms with Crippen molar-refractivity contribution >= 4 is 7.82 Å². The summed E-state index contributed by atoms with van der Waals surface area (Å²) < 4.78 is 22.1. The predicted octanol–water partition coefficient (Wildman–Crippen LogP) is 4.65. The molecule has 21 heavy (non-hydrogen) atoms. The van der Waals surface area contributed by atoms with Crippen molar-refractivity contribution in [1.82, 2.24) is 0 Å². The lowest BCUT2D eigenvalue weighted by molar-refractivity contribution is 0.201. The number of hydrogen-bond donors (Lipinski definition) is 1. The molecule has 1 unspecified atom stereocenters. The van der Waals surface area contributed by atoms with Gasteiger partial charge in [-0.1, -0.05) is 61.9 Å². The third-order valence-corrected chi connectivity index (χ3v) is 3.87. The molecule has 5 heteroatoms. The number of hydrogen-bond acceptors (Lipinski definition) is 3. The van der Waals surface area contributed by atoms with Crippen LogP contribution in [0.25, 0.3) is 11.1 Å². The highest BCUT2D eigenvalue weighted by Crippen LogP contribution is 2.46. The van der Waals surface area contributed by atoms with Crippen LogP contribution < -0.4 is 4.52 Å². The van der Waals surface area contributed by atoms with Gasteiger partial charge in [0.25, 0.3) is 0 Å². The van der Waals surface area contributed by atoms with Gasteiger partial charge in [-0.05, 0) is 18.1 Å². The lowest BCUT2D eigenvalue weighted by Crippen LogP contribution is -2.00. The van der Waals surface area contributed by atoms with Crippen molar-refractivity contribution in [1.29, 1.82) is 0 Å². The number of phosphoric ester groups is 1. The molecule has 0 spiro atoms. The highest BCUT2D eigenvalue weighted by molar-refractivity contribution is 7.47. The van der Waals surface area contributed by atoms with Crippen molar-refractivity contribution < 1.29 is 18.5 Å². The molecule has 0 aliphatic heterocycles. The molecule has 0 saturated heterocycles. The summed E-state index contributed by atoms with van der Waals surface area (Å²) >= 11 is 0. The normalized spacial score (nSPS) is 13.6. The maximum atomic E-state index is 12.0. The zero-order valence-electron chi connectivity index (χ0n) is 11.9. The van der Waals surface area contributed by atoms with Gasteiger partial charge in [0, 0.05) is 5.56 Å². The van der Waals surface area contributed by atoms with Gasteiger partial charge in [0.1, 0.15) is 5.75 Å². The van der Waals surface area contributed by atoms with Crippen molar-refractivity contribution in [2.75, 3.05) is 6.61 Å². The Morgan fingerprint density at radius 2 is 1.71 bits per heavy atom. The van der Waals surface area contributed by atoms with Crippen LogP contribution >= 0.6 is 7.82 Å². The Morgan fingerprint density at radius 3 is 2.43 bits per heavy atom. The molecule has 0 radical (unpaired) electrons. The fourth-order valence-electron chi connectivity index (χ4n) is 1.88. The van der Waals surface area contributed by atoms with E-state index in [1.807, 2.05) is 49.4 Å². The first-order valence-electron chi connectivity index (χ1n) is 6.94. The van der Waals surface area contributed by atoms with E-state index in [1.54, 1.807) is 12.1 Å². The summed E-state index contributed by atoms with van der Waals surface area (Å²) in [5, 5.41) is 0. The predicted molar refractivity (Wildman–Crippen MR) is 83.2 cm³/mol. The fourth-order valence-corrected chi connectivity index (χ4v) is 2.70. The Kier molecular flexibility index (Phi) is 5.57. The largest absolute Gasteiger partial charge is 0.527 e. The first-order valence-corrected chi connectivity index (χ1v) is 8.43. The Morgan fingerprint density at radius 1 is 1.05 bits per heavy atom. The molecule has 2 rings (SSSR count). The number of benzene rings is 2. The summed E-state index contributed by atoms with van der Waals surface area (Å²) in [6.45, 7) is 2.19. The minimum atomic E-state index is -4.09. The highest BCUT2D eigenvalue weighted by atomic mass is 31.2. The van der Waals surface area contributed by atoms with Crippen molar-refractivity contribution in [2.24, 2.45) is 0 Å². The summed E-state index contributed by atoms with van der Waals surface area (Å²) in [6, 6.07) is 16.7. The second-order valence-electron chi connectivity index (χ2n) is 4.61. The number of unbranched alkanes of at least 4 members (excludes halogenated alkanes) is 1. The lowest BCUT2D eigenvalue weighted by atomic mass is 10.1. The van der Waals surface area contributed by atoms with Gasteiger partial charge in [0.05, 0.1) is 6.61 Å². The van der Waals surface area contributed by atoms with E-state index in [-0.39, 0.29) is 6.61 Å². The minimum Gasteiger partial charge on any atom is -0.403 e. The fraction of sp³-hybridized carbons (Fsp3) is 0.250. The van der Waals surface area contributed by atoms with Gasteiger partial charge in [0.2, 0.25) is 0 Å². The Labute approximate surface area is 125 Å². The lowest BCUT2D eigenvalue weighted by Gasteiger charge is -2.15. The van der Waals surface area contributed by atoms with Crippen molar-refractivity contribution in [3.63, 3.8) is 0 Å². The van der Waals surface area contributed by atoms with Gasteiger partial charge in [-0.3, -0.25) is 9.42 Å². The number of phosphoric acid groups is 1. The second-order valence-corrected chi connectivity index (χ2v) is 5.99. The van der Waals surface area contributed by atoms with E-state index in [9.17, 15) is 9.46 Å². The van der Waals surface area contributed by atoms with Crippen LogP contribution in [0, 0.1) is 0 Å². The molecule has 0 aliphatic carbocycles. The van der Waals surface area contributed by atoms with Crippen LogP contribution in [0.15, 0.2) is 54.6 Å². The van der Waals surface area contributed by atoms with E-state index < -0.39 is 7.82 Å². The molecule has 0 aliphatic rings. The minimum absolute atomic E-state index is 0.206. The van der Waals surface area contributed by atoms with Crippen LogP contribution in [-0.2, 0) is 9.09 Å². The third-order valence-electron chi connectivity index (χ3n) is 2.94. The zero-order chi connectivity index (χ0) is 15.1. The zero-order valence-corrected chi connectivity index (χ0v) is 12.8. The molecule has 0 fully saturated rings. The molecular formula is C16H19O4P. The first-order chi connectivity index (χ1) is 10.1. The van der Waals surface area contributed by atoms with Gasteiger partial charge in [-0.15, -0.1) is 0 Å². The molecule has 0 aromatic heterocycles. The summed E-state index contributed by atoms with van der Waals surface area (Å²) in [5.41, 5.74) is 1.67. The summed E-state index contributed by atoms with van der Waals surface area (Å²) in [4.78, 5) is 9.78. The summed E-state index contributed by atoms with van der Waals surface area (Å²) in [5.74, 6) is 0.339. The quantitative estimate of drug-likeness (QED) is 0.597. The van der Waals surface area contributed by atoms with Gasteiger partial charge < -0.3 is 4.52 Å². The van der Waals surface area contributed by atoms with E-state index in [0.717, 1.165) is 17.5 Å². The van der Waals surface area contributed by atoms with Crippen molar-refractivity contribution in [3.8, 4) is 16.9 Å². The molecule has 0 amide bonds. The van der Waals surface area contributed by atoms with Crippen LogP contribution in [0.3, 0.4) is 0 Å². The monoisotopic (exact) mass is 306 g/mol. The average Bonchev–Trinajstić information content (AvgIpc) is 2.48. The molecule has 112 valence electrons. The van der Waals surface area contributed by atoms with Gasteiger partial charge in [0.15, 0.2) is 0 Å². The van der Waals surface area contributed by atoms with E-state index in [1.165, 1.54) is 0 Å². The maximum absolute atomic E-state index is 12.0. The first kappa shape index (κ1) is 15.8. The molecule has 2 aromatic carbocycles. The number of para-hydroxylation sites is 1. The Hall–Kier alpha value is -1.61. The van der Waals surface area contributed by atoms with E-state index in [0.29, 0.717) is 12.2 Å². The highest BCUT2D eigenvalue weighted by Gasteiger charge is 2.24. The van der Waals surface area contributed by atoms with Gasteiger partial charge in [-0.2, -0.15) is 0 Å². The topological polar surface area (TPSA) is 55.8 Å². The molecule has 1 atom stereocenters. The molecule has 2 aromatic rings. The van der Waals surface area contributed by atoms with Crippen LogP contribution in [0.2, 0.25) is 0 Å². The maximum Gasteiger partial charge on any atom is 0.527 e. The number of rotatable bonds is 7. The molecular weight excluding hydrogens is 287 g/mol. The smallest absolute Gasteiger partial charge is 0.403 e. The summed E-state index contributed by atoms with van der Waals surface area (Å²) in [6.07, 6.45) is 1.61. The SMILES string of the molecule is CCCCOP(=O)(O)Oc1ccccc1-c1ccccc1. The summed E-state index contributed by atoms with van der Waals surface area (Å²) in [7, 11) is -4.09. The Bertz CT molecular complexity index is 613. The molecule has 0 bridgehead atoms. The van der Waals surface area contributed by atoms with E-state index in [2.05, 4.69) is 0 Å². The molecule has 0 saturated carbocycles. The molecule has 1 N–H and O–H groups in total. The van der Waals surface area contributed by atoms with Crippen LogP contribution in [0.4, 0.5) is 0 Å². The molecule has 0 heterocycles. The van der Waals surface area contributed by atoms with Crippen molar-refractivity contribution in [3.05, 3.63) is 54.6 Å². The molecule has 4 nitrogen and oxygen atoms in total. The van der Waals surface area contributed by atoms with Crippen LogP contribution in [0.5, 0.6) is 5.75 Å². The van der Waals surface area contributed by atoms with Gasteiger partial charge in [-0.25, -0.2) is 4.57 Å². The standard InChI is InChI=1S/C16H19O4P/c1-2-3-13-19-21(17,18)20-16-12-8-7-11-15(16)14-9-5-4-6-10-14/h4-12H,2-3,13H2,1H3,(H,17,18).